The molecular weight excluding hydrogens is 300 g/mol. The average Bonchev–Trinajstić information content (AvgIpc) is 1.70. The van der Waals surface area contributed by atoms with Crippen LogP contribution >= 0.6 is 0 Å². The lowest BCUT2D eigenvalue weighted by molar-refractivity contribution is 0.157. The summed E-state index contributed by atoms with van der Waals surface area (Å²) in [5.74, 6) is 0. The molecule has 0 bridgehead atoms. The van der Waals surface area contributed by atoms with E-state index in [0.717, 1.165) is 0 Å². The molecule has 170 valence electrons. The topological polar surface area (TPSA) is 0 Å². The van der Waals surface area contributed by atoms with E-state index in [1.54, 1.807) is 0 Å². The van der Waals surface area contributed by atoms with E-state index in [1.807, 2.05) is 0 Å². The molecule has 0 aromatic heterocycles. The van der Waals surface area contributed by atoms with Crippen molar-refractivity contribution in [2.75, 3.05) is 0 Å². The van der Waals surface area contributed by atoms with Gasteiger partial charge in [-0.3, -0.25) is 0 Å². The molecule has 0 heteroatoms. The molecule has 0 aliphatic rings. The van der Waals surface area contributed by atoms with Gasteiger partial charge in [-0.15, -0.1) is 0 Å². The molecule has 0 unspecified atom stereocenters. The van der Waals surface area contributed by atoms with Crippen molar-refractivity contribution in [2.45, 2.75) is 149 Å². The van der Waals surface area contributed by atoms with E-state index in [1.165, 1.54) is 0 Å². The van der Waals surface area contributed by atoms with Gasteiger partial charge < -0.3 is 0 Å². The maximum atomic E-state index is 2.27. The molecule has 0 radical (unpaired) electrons. The Morgan fingerprint density at radius 3 is 0.280 bits per heavy atom. The van der Waals surface area contributed by atoms with Gasteiger partial charge in [-0.1, -0.05) is 149 Å². The molecular formula is C25H70. The van der Waals surface area contributed by atoms with Crippen LogP contribution in [0.3, 0.4) is 0 Å². The molecule has 0 saturated carbocycles. The van der Waals surface area contributed by atoms with Gasteiger partial charge in [0.1, 0.15) is 0 Å². The monoisotopic (exact) mass is 371 g/mol. The van der Waals surface area contributed by atoms with Crippen LogP contribution < -0.4 is 0 Å². The van der Waals surface area contributed by atoms with Crippen LogP contribution in [0.1, 0.15) is 149 Å². The SMILES string of the molecule is C.C.C.C.C.C.C.CC(C)(C)C.CC(C)(C)C.CC(C)(C)C(C)(C)C. The lowest BCUT2D eigenvalue weighted by atomic mass is 9.71. The molecule has 0 amide bonds. The molecule has 0 heterocycles. The molecule has 0 N–H and O–H groups in total. The van der Waals surface area contributed by atoms with Crippen molar-refractivity contribution < 1.29 is 0 Å². The molecule has 0 aliphatic carbocycles. The Kier molecular flexibility index (Phi) is 56.4. The first-order valence-electron chi connectivity index (χ1n) is 7.25. The molecule has 0 spiro atoms. The molecule has 0 aliphatic heterocycles. The molecule has 0 saturated heterocycles. The van der Waals surface area contributed by atoms with E-state index in [2.05, 4.69) is 96.9 Å². The Balaban J connectivity index is -0.0000000152. The van der Waals surface area contributed by atoms with E-state index in [0.29, 0.717) is 21.7 Å². The third-order valence-corrected chi connectivity index (χ3v) is 2.25. The van der Waals surface area contributed by atoms with E-state index in [-0.39, 0.29) is 52.0 Å². The summed E-state index contributed by atoms with van der Waals surface area (Å²) in [7, 11) is 0. The predicted molar refractivity (Wildman–Crippen MR) is 136 cm³/mol. The summed E-state index contributed by atoms with van der Waals surface area (Å²) >= 11 is 0. The Morgan fingerprint density at radius 2 is 0.280 bits per heavy atom. The summed E-state index contributed by atoms with van der Waals surface area (Å²) in [6.07, 6.45) is 0. The number of hydrogen-bond donors (Lipinski definition) is 0. The van der Waals surface area contributed by atoms with Gasteiger partial charge in [0.15, 0.2) is 0 Å². The fraction of sp³-hybridized carbons (Fsp3) is 1.00. The van der Waals surface area contributed by atoms with Crippen LogP contribution in [-0.4, -0.2) is 0 Å². The molecule has 0 nitrogen and oxygen atoms in total. The highest BCUT2D eigenvalue weighted by Gasteiger charge is 2.26. The first-order chi connectivity index (χ1) is 7.25. The lowest BCUT2D eigenvalue weighted by Gasteiger charge is -2.34. The van der Waals surface area contributed by atoms with Crippen molar-refractivity contribution in [3.8, 4) is 0 Å². The summed E-state index contributed by atoms with van der Waals surface area (Å²) in [4.78, 5) is 0. The largest absolute Gasteiger partial charge is 0.0776 e. The first kappa shape index (κ1) is 64.0. The maximum absolute atomic E-state index is 2.27. The highest BCUT2D eigenvalue weighted by Crippen LogP contribution is 2.36. The van der Waals surface area contributed by atoms with Crippen molar-refractivity contribution in [3.05, 3.63) is 0 Å². The molecule has 0 rings (SSSR count). The summed E-state index contributed by atoms with van der Waals surface area (Å²) in [5, 5.41) is 0. The highest BCUT2D eigenvalue weighted by molar-refractivity contribution is 4.77. The van der Waals surface area contributed by atoms with Gasteiger partial charge in [0.2, 0.25) is 0 Å². The fourth-order valence-electron chi connectivity index (χ4n) is 0. The fourth-order valence-corrected chi connectivity index (χ4v) is 0. The minimum absolute atomic E-state index is 0. The number of rotatable bonds is 0. The first-order valence-corrected chi connectivity index (χ1v) is 7.25. The summed E-state index contributed by atoms with van der Waals surface area (Å²) < 4.78 is 0. The van der Waals surface area contributed by atoms with Crippen LogP contribution in [0.25, 0.3) is 0 Å². The Bertz CT molecular complexity index is 146. The summed E-state index contributed by atoms with van der Waals surface area (Å²) in [6.45, 7) is 31.1. The van der Waals surface area contributed by atoms with Crippen LogP contribution in [0.15, 0.2) is 0 Å². The quantitative estimate of drug-likeness (QED) is 0.397. The van der Waals surface area contributed by atoms with Crippen LogP contribution in [0.2, 0.25) is 0 Å². The minimum Gasteiger partial charge on any atom is -0.0776 e. The third-order valence-electron chi connectivity index (χ3n) is 2.25. The Hall–Kier alpha value is 0. The number of hydrogen-bond acceptors (Lipinski definition) is 0. The second kappa shape index (κ2) is 22.0. The predicted octanol–water partition coefficient (Wildman–Crippen LogP) is 11.6. The normalized spacial score (nSPS) is 9.36. The minimum atomic E-state index is 0. The Morgan fingerprint density at radius 1 is 0.240 bits per heavy atom. The van der Waals surface area contributed by atoms with Gasteiger partial charge >= 0.3 is 0 Å². The zero-order valence-corrected chi connectivity index (χ0v) is 16.0. The second-order valence-electron chi connectivity index (χ2n) is 10.5. The lowest BCUT2D eigenvalue weighted by Crippen LogP contribution is -2.25. The van der Waals surface area contributed by atoms with Gasteiger partial charge in [0.05, 0.1) is 0 Å². The van der Waals surface area contributed by atoms with Crippen LogP contribution in [0.4, 0.5) is 0 Å². The maximum Gasteiger partial charge on any atom is -0.0334 e. The van der Waals surface area contributed by atoms with Crippen LogP contribution in [0, 0.1) is 21.7 Å². The standard InChI is InChI=1S/C8H18.2C5H12.7CH4/c1-7(2,3)8(4,5)6;2*1-5(2,3)4;;;;;;;/h1-6H3;2*1-4H3;7*1H4. The van der Waals surface area contributed by atoms with Gasteiger partial charge in [0, 0.05) is 0 Å². The van der Waals surface area contributed by atoms with Gasteiger partial charge in [0.25, 0.3) is 0 Å². The molecule has 0 aromatic carbocycles. The van der Waals surface area contributed by atoms with Crippen LogP contribution in [-0.2, 0) is 0 Å². The molecule has 0 atom stereocenters. The smallest absolute Gasteiger partial charge is 0.0334 e. The van der Waals surface area contributed by atoms with E-state index < -0.39 is 0 Å². The highest BCUT2D eigenvalue weighted by atomic mass is 14.3. The zero-order chi connectivity index (χ0) is 16.0. The van der Waals surface area contributed by atoms with E-state index in [9.17, 15) is 0 Å². The molecule has 0 fully saturated rings. The third kappa shape index (κ3) is 143. The van der Waals surface area contributed by atoms with Crippen molar-refractivity contribution in [1.29, 1.82) is 0 Å². The Labute approximate surface area is 171 Å². The molecule has 25 heavy (non-hydrogen) atoms. The second-order valence-corrected chi connectivity index (χ2v) is 10.5. The van der Waals surface area contributed by atoms with Gasteiger partial charge in [-0.2, -0.15) is 0 Å². The van der Waals surface area contributed by atoms with Gasteiger partial charge in [-0.05, 0) is 21.7 Å². The van der Waals surface area contributed by atoms with E-state index in [4.69, 9.17) is 0 Å². The zero-order valence-electron chi connectivity index (χ0n) is 16.0. The average molecular weight is 371 g/mol. The van der Waals surface area contributed by atoms with E-state index >= 15 is 0 Å². The summed E-state index contributed by atoms with van der Waals surface area (Å²) in [6, 6.07) is 0. The van der Waals surface area contributed by atoms with Crippen molar-refractivity contribution >= 4 is 0 Å². The van der Waals surface area contributed by atoms with Gasteiger partial charge in [-0.25, -0.2) is 0 Å². The van der Waals surface area contributed by atoms with Crippen molar-refractivity contribution in [1.82, 2.24) is 0 Å². The van der Waals surface area contributed by atoms with Crippen molar-refractivity contribution in [3.63, 3.8) is 0 Å². The van der Waals surface area contributed by atoms with Crippen molar-refractivity contribution in [2.24, 2.45) is 21.7 Å². The molecule has 0 aromatic rings. The van der Waals surface area contributed by atoms with Crippen LogP contribution in [0.5, 0.6) is 0 Å². The summed E-state index contributed by atoms with van der Waals surface area (Å²) in [5.41, 5.74) is 1.88.